The van der Waals surface area contributed by atoms with Gasteiger partial charge in [-0.05, 0) is 48.6 Å². The fraction of sp³-hybridized carbons (Fsp3) is 0.241. The van der Waals surface area contributed by atoms with Gasteiger partial charge in [-0.2, -0.15) is 0 Å². The van der Waals surface area contributed by atoms with Gasteiger partial charge in [-0.3, -0.25) is 9.78 Å². The lowest BCUT2D eigenvalue weighted by atomic mass is 9.97. The number of amides is 1. The first-order chi connectivity index (χ1) is 16.4. The van der Waals surface area contributed by atoms with Crippen LogP contribution in [0.5, 0.6) is 0 Å². The molecule has 0 radical (unpaired) electrons. The first-order valence-corrected chi connectivity index (χ1v) is 15.4. The van der Waals surface area contributed by atoms with Crippen molar-refractivity contribution in [1.29, 1.82) is 0 Å². The van der Waals surface area contributed by atoms with Crippen molar-refractivity contribution < 1.29 is 4.79 Å². The van der Waals surface area contributed by atoms with Crippen LogP contribution in [0.1, 0.15) is 18.4 Å². The zero-order chi connectivity index (χ0) is 24.0. The van der Waals surface area contributed by atoms with Crippen LogP contribution < -0.4 is 10.5 Å². The summed E-state index contributed by atoms with van der Waals surface area (Å²) in [4.78, 5) is 17.7. The van der Waals surface area contributed by atoms with Gasteiger partial charge in [-0.25, -0.2) is 0 Å². The lowest BCUT2D eigenvalue weighted by Crippen LogP contribution is -2.43. The Kier molecular flexibility index (Phi) is 7.81. The number of nitrogens with one attached hydrogen (secondary N) is 1. The molecule has 1 amide bonds. The molecule has 174 valence electrons. The zero-order valence-electron chi connectivity index (χ0n) is 19.8. The van der Waals surface area contributed by atoms with Gasteiger partial charge in [-0.1, -0.05) is 96.6 Å². The molecule has 4 rings (SSSR count). The van der Waals surface area contributed by atoms with Crippen molar-refractivity contribution >= 4 is 47.4 Å². The summed E-state index contributed by atoms with van der Waals surface area (Å²) in [6.07, 6.45) is 4.16. The van der Waals surface area contributed by atoms with Crippen LogP contribution >= 0.6 is 11.6 Å². The van der Waals surface area contributed by atoms with Crippen LogP contribution in [0, 0.1) is 5.92 Å². The molecule has 0 aliphatic heterocycles. The molecule has 3 aromatic carbocycles. The summed E-state index contributed by atoms with van der Waals surface area (Å²) in [6, 6.07) is 29.7. The highest BCUT2D eigenvalue weighted by Gasteiger charge is 2.28. The number of rotatable bonds is 9. The van der Waals surface area contributed by atoms with Gasteiger partial charge in [0.05, 0.1) is 19.3 Å². The van der Waals surface area contributed by atoms with Crippen molar-refractivity contribution in [3.63, 3.8) is 0 Å². The molecule has 1 N–H and O–H groups in total. The van der Waals surface area contributed by atoms with E-state index in [1.54, 1.807) is 6.20 Å². The van der Waals surface area contributed by atoms with Crippen molar-refractivity contribution in [3.8, 4) is 0 Å². The summed E-state index contributed by atoms with van der Waals surface area (Å²) < 4.78 is 0. The number of fused-ring (bicyclic) bond motifs is 1. The fourth-order valence-corrected chi connectivity index (χ4v) is 7.94. The number of para-hydroxylation sites is 1. The maximum atomic E-state index is 13.2. The second kappa shape index (κ2) is 11.0. The molecule has 0 saturated carbocycles. The Morgan fingerprint density at radius 1 is 0.941 bits per heavy atom. The Balaban J connectivity index is 1.50. The van der Waals surface area contributed by atoms with Crippen molar-refractivity contribution in [3.05, 3.63) is 102 Å². The summed E-state index contributed by atoms with van der Waals surface area (Å²) in [7, 11) is -1.71. The van der Waals surface area contributed by atoms with E-state index >= 15 is 0 Å². The summed E-state index contributed by atoms with van der Waals surface area (Å²) in [5, 5.41) is 6.35. The minimum absolute atomic E-state index is 0.0529. The smallest absolute Gasteiger partial charge is 0.224 e. The number of nitrogens with zero attached hydrogens (tertiary/aromatic N) is 1. The summed E-state index contributed by atoms with van der Waals surface area (Å²) >= 11 is 6.06. The monoisotopic (exact) mass is 486 g/mol. The molecule has 0 saturated heterocycles. The van der Waals surface area contributed by atoms with Gasteiger partial charge in [0.1, 0.15) is 0 Å². The second-order valence-corrected chi connectivity index (χ2v) is 14.8. The fourth-order valence-electron chi connectivity index (χ4n) is 4.70. The molecule has 0 aliphatic rings. The van der Waals surface area contributed by atoms with Gasteiger partial charge in [0.2, 0.25) is 5.91 Å². The third kappa shape index (κ3) is 6.34. The van der Waals surface area contributed by atoms with Crippen LogP contribution in [0.25, 0.3) is 10.9 Å². The number of carbonyl (C=O) groups excluding carboxylic acids is 1. The lowest BCUT2D eigenvalue weighted by Gasteiger charge is -2.28. The molecule has 1 atom stereocenters. The quantitative estimate of drug-likeness (QED) is 0.257. The van der Waals surface area contributed by atoms with Crippen LogP contribution in [0.2, 0.25) is 24.2 Å². The summed E-state index contributed by atoms with van der Waals surface area (Å²) in [5.74, 6) is 0.345. The standard InChI is InChI=1S/C29H31ClN2OSi/c1-34(2,26-10-4-3-5-11-26)21-23(14-13-22-15-17-25(30)18-16-22)20-28(33)32-27-12-6-8-24-9-7-19-31-29(24)27/h3-12,15-19,23H,13-14,20-21H2,1-2H3,(H,32,33). The number of carbonyl (C=O) groups is 1. The van der Waals surface area contributed by atoms with E-state index in [-0.39, 0.29) is 5.91 Å². The Morgan fingerprint density at radius 2 is 1.68 bits per heavy atom. The van der Waals surface area contributed by atoms with E-state index in [4.69, 9.17) is 11.6 Å². The average Bonchev–Trinajstić information content (AvgIpc) is 2.84. The maximum absolute atomic E-state index is 13.2. The third-order valence-corrected chi connectivity index (χ3v) is 10.2. The molecular weight excluding hydrogens is 456 g/mol. The van der Waals surface area contributed by atoms with E-state index in [1.165, 1.54) is 10.8 Å². The minimum Gasteiger partial charge on any atom is -0.324 e. The Bertz CT molecular complexity index is 1240. The highest BCUT2D eigenvalue weighted by Crippen LogP contribution is 2.27. The third-order valence-electron chi connectivity index (χ3n) is 6.49. The van der Waals surface area contributed by atoms with Crippen molar-refractivity contribution in [2.45, 2.75) is 38.4 Å². The van der Waals surface area contributed by atoms with Crippen LogP contribution in [-0.2, 0) is 11.2 Å². The second-order valence-electron chi connectivity index (χ2n) is 9.62. The highest BCUT2D eigenvalue weighted by molar-refractivity contribution is 6.89. The van der Waals surface area contributed by atoms with E-state index in [1.807, 2.05) is 42.5 Å². The number of halogens is 1. The topological polar surface area (TPSA) is 42.0 Å². The molecule has 4 aromatic rings. The molecule has 0 aliphatic carbocycles. The largest absolute Gasteiger partial charge is 0.324 e. The highest BCUT2D eigenvalue weighted by atomic mass is 35.5. The molecule has 1 heterocycles. The molecule has 3 nitrogen and oxygen atoms in total. The number of pyridine rings is 1. The average molecular weight is 487 g/mol. The van der Waals surface area contributed by atoms with Gasteiger partial charge in [0.25, 0.3) is 0 Å². The molecule has 1 unspecified atom stereocenters. The zero-order valence-corrected chi connectivity index (χ0v) is 21.6. The van der Waals surface area contributed by atoms with Crippen LogP contribution in [-0.4, -0.2) is 19.0 Å². The summed E-state index contributed by atoms with van der Waals surface area (Å²) in [5.41, 5.74) is 2.86. The van der Waals surface area contributed by atoms with E-state index in [0.717, 1.165) is 40.5 Å². The number of anilines is 1. The van der Waals surface area contributed by atoms with E-state index < -0.39 is 8.07 Å². The Labute approximate surface area is 208 Å². The molecule has 5 heteroatoms. The minimum atomic E-state index is -1.71. The summed E-state index contributed by atoms with van der Waals surface area (Å²) in [6.45, 7) is 4.81. The van der Waals surface area contributed by atoms with E-state index in [0.29, 0.717) is 12.3 Å². The van der Waals surface area contributed by atoms with Crippen LogP contribution in [0.15, 0.2) is 91.1 Å². The van der Waals surface area contributed by atoms with Gasteiger partial charge < -0.3 is 5.32 Å². The molecule has 0 spiro atoms. The number of hydrogen-bond acceptors (Lipinski definition) is 2. The van der Waals surface area contributed by atoms with E-state index in [2.05, 4.69) is 65.9 Å². The van der Waals surface area contributed by atoms with Gasteiger partial charge in [-0.15, -0.1) is 0 Å². The molecular formula is C29H31ClN2OSi. The van der Waals surface area contributed by atoms with Crippen LogP contribution in [0.4, 0.5) is 5.69 Å². The lowest BCUT2D eigenvalue weighted by molar-refractivity contribution is -0.117. The maximum Gasteiger partial charge on any atom is 0.224 e. The van der Waals surface area contributed by atoms with Crippen molar-refractivity contribution in [2.75, 3.05) is 5.32 Å². The van der Waals surface area contributed by atoms with E-state index in [9.17, 15) is 4.79 Å². The number of benzene rings is 3. The normalized spacial score (nSPS) is 12.4. The molecule has 0 fully saturated rings. The Morgan fingerprint density at radius 3 is 2.44 bits per heavy atom. The SMILES string of the molecule is C[Si](C)(CC(CCc1ccc(Cl)cc1)CC(=O)Nc1cccc2cccnc12)c1ccccc1. The first-order valence-electron chi connectivity index (χ1n) is 11.8. The van der Waals surface area contributed by atoms with Gasteiger partial charge in [0, 0.05) is 23.0 Å². The predicted octanol–water partition coefficient (Wildman–Crippen LogP) is 7.08. The Hall–Kier alpha value is -2.95. The molecule has 34 heavy (non-hydrogen) atoms. The first kappa shape index (κ1) is 24.2. The number of aromatic nitrogens is 1. The van der Waals surface area contributed by atoms with Crippen molar-refractivity contribution in [1.82, 2.24) is 4.98 Å². The van der Waals surface area contributed by atoms with Gasteiger partial charge >= 0.3 is 0 Å². The predicted molar refractivity (Wildman–Crippen MR) is 147 cm³/mol. The van der Waals surface area contributed by atoms with Crippen molar-refractivity contribution in [2.24, 2.45) is 5.92 Å². The number of hydrogen-bond donors (Lipinski definition) is 1. The van der Waals surface area contributed by atoms with Crippen LogP contribution in [0.3, 0.4) is 0 Å². The molecule has 1 aromatic heterocycles. The molecule has 0 bridgehead atoms. The number of aryl methyl sites for hydroxylation is 1. The van der Waals surface area contributed by atoms with Gasteiger partial charge in [0.15, 0.2) is 0 Å².